The second-order valence-corrected chi connectivity index (χ2v) is 7.15. The number of hydrogen-bond donors (Lipinski definition) is 3. The number of rotatable bonds is 5. The molecule has 0 atom stereocenters. The van der Waals surface area contributed by atoms with Crippen LogP contribution in [0.2, 0.25) is 0 Å². The lowest BCUT2D eigenvalue weighted by molar-refractivity contribution is 0.0894. The predicted molar refractivity (Wildman–Crippen MR) is 91.8 cm³/mol. The van der Waals surface area contributed by atoms with Crippen molar-refractivity contribution in [2.75, 3.05) is 6.54 Å². The minimum atomic E-state index is -0.244. The molecule has 0 aliphatic heterocycles. The molecular weight excluding hydrogens is 304 g/mol. The summed E-state index contributed by atoms with van der Waals surface area (Å²) in [6.45, 7) is 0.682. The monoisotopic (exact) mass is 332 g/mol. The van der Waals surface area contributed by atoms with Gasteiger partial charge >= 0.3 is 0 Å². The maximum atomic E-state index is 12.4. The van der Waals surface area contributed by atoms with E-state index in [4.69, 9.17) is 0 Å². The van der Waals surface area contributed by atoms with E-state index in [2.05, 4.69) is 20.6 Å². The number of aromatic amines is 1. The van der Waals surface area contributed by atoms with Gasteiger partial charge in [-0.15, -0.1) is 0 Å². The van der Waals surface area contributed by atoms with Crippen molar-refractivity contribution < 1.29 is 9.59 Å². The molecule has 3 N–H and O–H groups in total. The lowest BCUT2D eigenvalue weighted by Gasteiger charge is -2.22. The molecule has 132 valence electrons. The lowest BCUT2D eigenvalue weighted by atomic mass is 9.89. The van der Waals surface area contributed by atoms with Crippen molar-refractivity contribution in [1.29, 1.82) is 0 Å². The Morgan fingerprint density at radius 3 is 2.38 bits per heavy atom. The van der Waals surface area contributed by atoms with Crippen LogP contribution in [-0.4, -0.2) is 34.4 Å². The van der Waals surface area contributed by atoms with E-state index in [1.807, 2.05) is 0 Å². The van der Waals surface area contributed by atoms with Gasteiger partial charge in [-0.05, 0) is 31.6 Å². The molecule has 0 spiro atoms. The molecule has 0 bridgehead atoms. The van der Waals surface area contributed by atoms with Gasteiger partial charge in [0.05, 0.1) is 6.33 Å². The third kappa shape index (κ3) is 4.36. The summed E-state index contributed by atoms with van der Waals surface area (Å²) >= 11 is 0. The standard InChI is InChI=1S/C18H28N4O2/c23-17(19-11-13-7-3-1-4-8-13)15-16(21-12-20-15)18(24)22-14-9-5-2-6-10-14/h12-14H,1-11H2,(H,19,23)(H,20,21)(H,22,24). The number of hydrogen-bond acceptors (Lipinski definition) is 3. The molecule has 1 aromatic rings. The quantitative estimate of drug-likeness (QED) is 0.775. The molecule has 0 radical (unpaired) electrons. The fraction of sp³-hybridized carbons (Fsp3) is 0.722. The van der Waals surface area contributed by atoms with Crippen molar-refractivity contribution in [2.24, 2.45) is 5.92 Å². The van der Waals surface area contributed by atoms with Crippen LogP contribution in [0.15, 0.2) is 6.33 Å². The summed E-state index contributed by atoms with van der Waals surface area (Å²) in [7, 11) is 0. The Hall–Kier alpha value is -1.85. The van der Waals surface area contributed by atoms with Gasteiger partial charge in [0.1, 0.15) is 5.69 Å². The first-order valence-electron chi connectivity index (χ1n) is 9.36. The van der Waals surface area contributed by atoms with E-state index in [1.165, 1.54) is 44.9 Å². The van der Waals surface area contributed by atoms with Crippen LogP contribution < -0.4 is 10.6 Å². The van der Waals surface area contributed by atoms with E-state index in [0.29, 0.717) is 12.5 Å². The van der Waals surface area contributed by atoms with E-state index in [0.717, 1.165) is 25.7 Å². The van der Waals surface area contributed by atoms with Crippen LogP contribution in [0.25, 0.3) is 0 Å². The van der Waals surface area contributed by atoms with Crippen LogP contribution in [0, 0.1) is 5.92 Å². The van der Waals surface area contributed by atoms with E-state index < -0.39 is 0 Å². The van der Waals surface area contributed by atoms with Crippen LogP contribution in [0.3, 0.4) is 0 Å². The zero-order valence-electron chi connectivity index (χ0n) is 14.3. The number of imidazole rings is 1. The Morgan fingerprint density at radius 2 is 1.67 bits per heavy atom. The molecule has 3 rings (SSSR count). The molecule has 2 aliphatic carbocycles. The van der Waals surface area contributed by atoms with Crippen molar-refractivity contribution in [2.45, 2.75) is 70.3 Å². The summed E-state index contributed by atoms with van der Waals surface area (Å²) in [5, 5.41) is 5.98. The maximum absolute atomic E-state index is 12.4. The Labute approximate surface area is 143 Å². The number of carbonyl (C=O) groups is 2. The summed E-state index contributed by atoms with van der Waals surface area (Å²) < 4.78 is 0. The number of amides is 2. The van der Waals surface area contributed by atoms with Gasteiger partial charge in [0.15, 0.2) is 5.69 Å². The van der Waals surface area contributed by atoms with Crippen LogP contribution in [0.4, 0.5) is 0 Å². The second kappa shape index (κ2) is 8.31. The topological polar surface area (TPSA) is 86.9 Å². The maximum Gasteiger partial charge on any atom is 0.272 e. The summed E-state index contributed by atoms with van der Waals surface area (Å²) in [6, 6.07) is 0.209. The molecular formula is C18H28N4O2. The number of aromatic nitrogens is 2. The normalized spacial score (nSPS) is 19.8. The fourth-order valence-corrected chi connectivity index (χ4v) is 3.86. The summed E-state index contributed by atoms with van der Waals surface area (Å²) in [5.41, 5.74) is 0.487. The molecule has 2 amide bonds. The Balaban J connectivity index is 1.54. The molecule has 6 nitrogen and oxygen atoms in total. The minimum absolute atomic E-state index is 0.209. The van der Waals surface area contributed by atoms with Crippen molar-refractivity contribution in [3.05, 3.63) is 17.7 Å². The van der Waals surface area contributed by atoms with Crippen LogP contribution in [-0.2, 0) is 0 Å². The van der Waals surface area contributed by atoms with Gasteiger partial charge in [-0.2, -0.15) is 0 Å². The van der Waals surface area contributed by atoms with Crippen LogP contribution in [0.5, 0.6) is 0 Å². The lowest BCUT2D eigenvalue weighted by Crippen LogP contribution is -2.38. The fourth-order valence-electron chi connectivity index (χ4n) is 3.86. The van der Waals surface area contributed by atoms with Crippen LogP contribution >= 0.6 is 0 Å². The first kappa shape index (κ1) is 17.0. The summed E-state index contributed by atoms with van der Waals surface area (Å²) in [4.78, 5) is 31.7. The van der Waals surface area contributed by atoms with Crippen molar-refractivity contribution >= 4 is 11.8 Å². The highest BCUT2D eigenvalue weighted by atomic mass is 16.2. The van der Waals surface area contributed by atoms with Gasteiger partial charge in [0, 0.05) is 12.6 Å². The largest absolute Gasteiger partial charge is 0.350 e. The number of H-pyrrole nitrogens is 1. The SMILES string of the molecule is O=C(NC1CCCCC1)c1nc[nH]c1C(=O)NCC1CCCCC1. The smallest absolute Gasteiger partial charge is 0.272 e. The third-order valence-electron chi connectivity index (χ3n) is 5.30. The molecule has 0 saturated heterocycles. The molecule has 2 aliphatic rings. The number of carbonyl (C=O) groups excluding carboxylic acids is 2. The van der Waals surface area contributed by atoms with Crippen molar-refractivity contribution in [3.63, 3.8) is 0 Å². The number of nitrogens with zero attached hydrogens (tertiary/aromatic N) is 1. The molecule has 0 aromatic carbocycles. The van der Waals surface area contributed by atoms with Gasteiger partial charge in [-0.25, -0.2) is 4.98 Å². The molecule has 2 saturated carbocycles. The second-order valence-electron chi connectivity index (χ2n) is 7.15. The van der Waals surface area contributed by atoms with Gasteiger partial charge in [-0.1, -0.05) is 38.5 Å². The first-order chi connectivity index (χ1) is 11.7. The Bertz CT molecular complexity index is 557. The van der Waals surface area contributed by atoms with Crippen molar-refractivity contribution in [1.82, 2.24) is 20.6 Å². The minimum Gasteiger partial charge on any atom is -0.350 e. The van der Waals surface area contributed by atoms with Gasteiger partial charge in [0.25, 0.3) is 11.8 Å². The Morgan fingerprint density at radius 1 is 1.00 bits per heavy atom. The van der Waals surface area contributed by atoms with Crippen molar-refractivity contribution in [3.8, 4) is 0 Å². The molecule has 1 heterocycles. The summed E-state index contributed by atoms with van der Waals surface area (Å²) in [5.74, 6) is 0.0861. The third-order valence-corrected chi connectivity index (χ3v) is 5.30. The highest BCUT2D eigenvalue weighted by Gasteiger charge is 2.24. The van der Waals surface area contributed by atoms with E-state index >= 15 is 0 Å². The average Bonchev–Trinajstić information content (AvgIpc) is 3.11. The predicted octanol–water partition coefficient (Wildman–Crippen LogP) is 2.78. The summed E-state index contributed by atoms with van der Waals surface area (Å²) in [6.07, 6.45) is 13.2. The highest BCUT2D eigenvalue weighted by Crippen LogP contribution is 2.23. The molecule has 0 unspecified atom stereocenters. The zero-order valence-corrected chi connectivity index (χ0v) is 14.3. The molecule has 2 fully saturated rings. The van der Waals surface area contributed by atoms with Gasteiger partial charge in [0.2, 0.25) is 0 Å². The Kier molecular flexibility index (Phi) is 5.88. The average molecular weight is 332 g/mol. The molecule has 24 heavy (non-hydrogen) atoms. The highest BCUT2D eigenvalue weighted by molar-refractivity contribution is 6.04. The van der Waals surface area contributed by atoms with E-state index in [9.17, 15) is 9.59 Å². The van der Waals surface area contributed by atoms with Crippen LogP contribution in [0.1, 0.15) is 85.2 Å². The molecule has 1 aromatic heterocycles. The zero-order chi connectivity index (χ0) is 16.8. The van der Waals surface area contributed by atoms with E-state index in [1.54, 1.807) is 0 Å². The number of nitrogens with one attached hydrogen (secondary N) is 3. The van der Waals surface area contributed by atoms with E-state index in [-0.39, 0.29) is 29.2 Å². The van der Waals surface area contributed by atoms with Gasteiger partial charge in [-0.3, -0.25) is 9.59 Å². The van der Waals surface area contributed by atoms with Gasteiger partial charge < -0.3 is 15.6 Å². The molecule has 6 heteroatoms. The first-order valence-corrected chi connectivity index (χ1v) is 9.36.